The molecule has 5 fully saturated rings. The fraction of sp³-hybridized carbons (Fsp3) is 0.515. The zero-order chi connectivity index (χ0) is 27.4. The van der Waals surface area contributed by atoms with Gasteiger partial charge in [-0.3, -0.25) is 24.3 Å². The molecule has 8 rings (SSSR count). The number of piperidine rings is 1. The number of rotatable bonds is 7. The van der Waals surface area contributed by atoms with Crippen molar-refractivity contribution in [3.05, 3.63) is 75.3 Å². The lowest BCUT2D eigenvalue weighted by molar-refractivity contribution is -0.135. The minimum Gasteiger partial charge on any atom is -0.307 e. The number of aromatic nitrogens is 2. The van der Waals surface area contributed by atoms with Crippen LogP contribution in [-0.2, 0) is 29.0 Å². The van der Waals surface area contributed by atoms with E-state index in [-0.39, 0.29) is 17.9 Å². The molecule has 1 atom stereocenters. The minimum atomic E-state index is -0.713. The molecule has 40 heavy (non-hydrogen) atoms. The predicted octanol–water partition coefficient (Wildman–Crippen LogP) is 4.53. The van der Waals surface area contributed by atoms with Gasteiger partial charge in [-0.2, -0.15) is 0 Å². The Morgan fingerprint density at radius 1 is 0.925 bits per heavy atom. The van der Waals surface area contributed by atoms with Gasteiger partial charge < -0.3 is 5.32 Å². The number of fused-ring (bicyclic) bond motifs is 1. The molecule has 208 valence electrons. The van der Waals surface area contributed by atoms with E-state index in [2.05, 4.69) is 39.9 Å². The summed E-state index contributed by atoms with van der Waals surface area (Å²) in [6.07, 6.45) is 10.5. The fourth-order valence-corrected chi connectivity index (χ4v) is 8.65. The normalized spacial score (nSPS) is 29.2. The average Bonchev–Trinajstić information content (AvgIpc) is 2.91. The van der Waals surface area contributed by atoms with Crippen LogP contribution >= 0.6 is 0 Å². The second-order valence-corrected chi connectivity index (χ2v) is 13.0. The summed E-state index contributed by atoms with van der Waals surface area (Å²) in [6, 6.07) is 14.0. The van der Waals surface area contributed by atoms with E-state index < -0.39 is 11.9 Å². The number of hydrogen-bond donors (Lipinski definition) is 2. The maximum atomic E-state index is 13.7. The summed E-state index contributed by atoms with van der Waals surface area (Å²) in [7, 11) is 0. The second kappa shape index (κ2) is 9.95. The molecule has 3 aromatic rings. The summed E-state index contributed by atoms with van der Waals surface area (Å²) in [5.41, 5.74) is 4.31. The van der Waals surface area contributed by atoms with Gasteiger partial charge in [0.2, 0.25) is 11.8 Å². The smallest absolute Gasteiger partial charge is 0.262 e. The van der Waals surface area contributed by atoms with Gasteiger partial charge in [0.15, 0.2) is 0 Å². The van der Waals surface area contributed by atoms with Crippen LogP contribution in [0.25, 0.3) is 10.9 Å². The molecule has 7 nitrogen and oxygen atoms in total. The molecule has 2 N–H and O–H groups in total. The molecular formula is C33H38N4O3. The van der Waals surface area contributed by atoms with Gasteiger partial charge in [0.05, 0.1) is 10.9 Å². The molecule has 1 unspecified atom stereocenters. The van der Waals surface area contributed by atoms with Crippen LogP contribution in [0.4, 0.5) is 0 Å². The van der Waals surface area contributed by atoms with Crippen molar-refractivity contribution in [1.82, 2.24) is 20.2 Å². The summed E-state index contributed by atoms with van der Waals surface area (Å²) in [5, 5.41) is 6.93. The Bertz CT molecular complexity index is 1500. The van der Waals surface area contributed by atoms with E-state index in [1.165, 1.54) is 54.2 Å². The van der Waals surface area contributed by atoms with E-state index in [0.717, 1.165) is 36.3 Å². The first-order valence-electron chi connectivity index (χ1n) is 15.0. The number of nitrogens with one attached hydrogen (secondary N) is 2. The van der Waals surface area contributed by atoms with Crippen molar-refractivity contribution in [3.63, 3.8) is 0 Å². The van der Waals surface area contributed by atoms with Crippen molar-refractivity contribution in [3.8, 4) is 0 Å². The summed E-state index contributed by atoms with van der Waals surface area (Å²) in [5.74, 6) is 2.60. The third kappa shape index (κ3) is 4.68. The highest BCUT2D eigenvalue weighted by molar-refractivity contribution is 5.99. The largest absolute Gasteiger partial charge is 0.307 e. The highest BCUT2D eigenvalue weighted by Gasteiger charge is 2.50. The number of amides is 2. The number of nitrogens with zero attached hydrogens (tertiary/aromatic N) is 2. The number of aryl methyl sites for hydroxylation is 3. The topological polar surface area (TPSA) is 93.1 Å². The molecule has 4 saturated carbocycles. The van der Waals surface area contributed by atoms with E-state index in [1.54, 1.807) is 6.92 Å². The first-order chi connectivity index (χ1) is 19.4. The van der Waals surface area contributed by atoms with Gasteiger partial charge in [-0.25, -0.2) is 4.98 Å². The molecule has 4 bridgehead atoms. The predicted molar refractivity (Wildman–Crippen MR) is 154 cm³/mol. The first kappa shape index (κ1) is 25.6. The van der Waals surface area contributed by atoms with Gasteiger partial charge in [-0.05, 0) is 105 Å². The lowest BCUT2D eigenvalue weighted by atomic mass is 9.53. The van der Waals surface area contributed by atoms with E-state index in [9.17, 15) is 14.4 Å². The van der Waals surface area contributed by atoms with Crippen LogP contribution in [0.2, 0.25) is 0 Å². The van der Waals surface area contributed by atoms with Gasteiger partial charge in [-0.15, -0.1) is 0 Å². The van der Waals surface area contributed by atoms with Crippen molar-refractivity contribution in [1.29, 1.82) is 0 Å². The van der Waals surface area contributed by atoms with Gasteiger partial charge in [-0.1, -0.05) is 36.4 Å². The molecule has 1 aromatic heterocycles. The molecule has 5 aliphatic rings. The SMILES string of the molecule is Cc1nc2cccc(CCc3ccc(CNC45CC6CC(CC(C6)C4)C5)cc3)c2c(=O)n1C1CCC(=O)NC1=O. The van der Waals surface area contributed by atoms with Crippen molar-refractivity contribution in [2.45, 2.75) is 89.3 Å². The Morgan fingerprint density at radius 2 is 1.60 bits per heavy atom. The molecule has 4 aliphatic carbocycles. The third-order valence-electron chi connectivity index (χ3n) is 10.1. The van der Waals surface area contributed by atoms with E-state index in [0.29, 0.717) is 35.1 Å². The number of hydrogen-bond acceptors (Lipinski definition) is 5. The molecule has 0 spiro atoms. The lowest BCUT2D eigenvalue weighted by Crippen LogP contribution is -2.58. The molecule has 2 aromatic carbocycles. The zero-order valence-corrected chi connectivity index (χ0v) is 23.2. The van der Waals surface area contributed by atoms with Crippen molar-refractivity contribution < 1.29 is 9.59 Å². The van der Waals surface area contributed by atoms with E-state index >= 15 is 0 Å². The first-order valence-corrected chi connectivity index (χ1v) is 15.0. The number of carbonyl (C=O) groups excluding carboxylic acids is 2. The molecule has 1 saturated heterocycles. The Labute approximate surface area is 234 Å². The highest BCUT2D eigenvalue weighted by atomic mass is 16.2. The van der Waals surface area contributed by atoms with E-state index in [1.807, 2.05) is 18.2 Å². The van der Waals surface area contributed by atoms with Gasteiger partial charge in [0.1, 0.15) is 11.9 Å². The minimum absolute atomic E-state index is 0.210. The molecular weight excluding hydrogens is 500 g/mol. The second-order valence-electron chi connectivity index (χ2n) is 13.0. The van der Waals surface area contributed by atoms with Crippen LogP contribution in [0.3, 0.4) is 0 Å². The van der Waals surface area contributed by atoms with Crippen molar-refractivity contribution >= 4 is 22.7 Å². The molecule has 2 heterocycles. The fourth-order valence-electron chi connectivity index (χ4n) is 8.65. The van der Waals surface area contributed by atoms with Crippen LogP contribution in [0.15, 0.2) is 47.3 Å². The number of imide groups is 1. The number of carbonyl (C=O) groups is 2. The Morgan fingerprint density at radius 3 is 2.27 bits per heavy atom. The monoisotopic (exact) mass is 538 g/mol. The summed E-state index contributed by atoms with van der Waals surface area (Å²) in [6.45, 7) is 2.68. The van der Waals surface area contributed by atoms with Gasteiger partial charge in [0, 0.05) is 18.5 Å². The Kier molecular flexibility index (Phi) is 6.38. The number of benzene rings is 2. The molecule has 2 amide bonds. The highest BCUT2D eigenvalue weighted by Crippen LogP contribution is 2.55. The van der Waals surface area contributed by atoms with Crippen LogP contribution in [0.5, 0.6) is 0 Å². The standard InChI is InChI=1S/C33H38N4O3/c1-20-35-27-4-2-3-26(30(27)32(40)37(20)28-11-12-29(38)36-31(28)39)10-9-21-5-7-22(8-6-21)19-34-33-16-23-13-24(17-33)15-25(14-23)18-33/h2-8,23-25,28,34H,9-19H2,1H3,(H,36,38,39). The Balaban J connectivity index is 1.05. The zero-order valence-electron chi connectivity index (χ0n) is 23.2. The molecule has 0 radical (unpaired) electrons. The van der Waals surface area contributed by atoms with Crippen molar-refractivity contribution in [2.75, 3.05) is 0 Å². The van der Waals surface area contributed by atoms with Crippen molar-refractivity contribution in [2.24, 2.45) is 17.8 Å². The van der Waals surface area contributed by atoms with Crippen LogP contribution in [0.1, 0.15) is 79.9 Å². The summed E-state index contributed by atoms with van der Waals surface area (Å²) < 4.78 is 1.47. The van der Waals surface area contributed by atoms with Crippen LogP contribution in [0, 0.1) is 24.7 Å². The summed E-state index contributed by atoms with van der Waals surface area (Å²) >= 11 is 0. The van der Waals surface area contributed by atoms with Gasteiger partial charge in [0.25, 0.3) is 5.56 Å². The quantitative estimate of drug-likeness (QED) is 0.432. The Hall–Kier alpha value is -3.32. The molecule has 7 heteroatoms. The maximum Gasteiger partial charge on any atom is 0.262 e. The summed E-state index contributed by atoms with van der Waals surface area (Å²) in [4.78, 5) is 42.6. The third-order valence-corrected chi connectivity index (χ3v) is 10.1. The lowest BCUT2D eigenvalue weighted by Gasteiger charge is -2.57. The average molecular weight is 539 g/mol. The van der Waals surface area contributed by atoms with Gasteiger partial charge >= 0.3 is 0 Å². The van der Waals surface area contributed by atoms with Crippen LogP contribution in [-0.4, -0.2) is 26.9 Å². The maximum absolute atomic E-state index is 13.7. The molecule has 1 aliphatic heterocycles. The van der Waals surface area contributed by atoms with Crippen LogP contribution < -0.4 is 16.2 Å². The van der Waals surface area contributed by atoms with E-state index in [4.69, 9.17) is 0 Å².